The predicted octanol–water partition coefficient (Wildman–Crippen LogP) is 3.12. The third-order valence-corrected chi connectivity index (χ3v) is 4.10. The summed E-state index contributed by atoms with van der Waals surface area (Å²) in [5, 5.41) is 1.22. The first-order valence-corrected chi connectivity index (χ1v) is 6.66. The van der Waals surface area contributed by atoms with Crippen LogP contribution in [0.1, 0.15) is 5.56 Å². The molecular weight excluding hydrogens is 273 g/mol. The Morgan fingerprint density at radius 2 is 2.15 bits per heavy atom. The van der Waals surface area contributed by atoms with Gasteiger partial charge in [-0.1, -0.05) is 37.4 Å². The van der Waals surface area contributed by atoms with Gasteiger partial charge in [0.1, 0.15) is 0 Å². The van der Waals surface area contributed by atoms with Crippen molar-refractivity contribution in [1.82, 2.24) is 4.98 Å². The molecule has 0 radical (unpaired) electrons. The van der Waals surface area contributed by atoms with Gasteiger partial charge >= 0.3 is 0 Å². The lowest BCUT2D eigenvalue weighted by molar-refractivity contribution is 1.35. The van der Waals surface area contributed by atoms with Crippen LogP contribution >= 0.6 is 20.7 Å². The second-order valence-corrected chi connectivity index (χ2v) is 4.81. The Balaban J connectivity index is 2.86. The topological polar surface area (TPSA) is 12.9 Å². The van der Waals surface area contributed by atoms with E-state index in [4.69, 9.17) is 0 Å². The summed E-state index contributed by atoms with van der Waals surface area (Å²) < 4.78 is 5.40. The van der Waals surface area contributed by atoms with Gasteiger partial charge in [0.05, 0.1) is 5.52 Å². The minimum atomic E-state index is -0.0772. The van der Waals surface area contributed by atoms with E-state index in [1.54, 1.807) is 0 Å². The van der Waals surface area contributed by atoms with Gasteiger partial charge in [0.25, 0.3) is 0 Å². The van der Waals surface area contributed by atoms with Gasteiger partial charge in [-0.05, 0) is 24.6 Å². The summed E-state index contributed by atoms with van der Waals surface area (Å²) >= 11 is -0.0772. The van der Waals surface area contributed by atoms with E-state index in [0.29, 0.717) is 0 Å². The highest BCUT2D eigenvalue weighted by atomic mass is 127. The van der Waals surface area contributed by atoms with E-state index in [9.17, 15) is 0 Å². The molecule has 1 nitrogen and oxygen atoms in total. The van der Waals surface area contributed by atoms with Crippen LogP contribution in [0.25, 0.3) is 10.9 Å². The van der Waals surface area contributed by atoms with Gasteiger partial charge in [-0.15, -0.1) is 0 Å². The first kappa shape index (κ1) is 8.81. The molecule has 0 saturated heterocycles. The molecule has 0 N–H and O–H groups in total. The van der Waals surface area contributed by atoms with Gasteiger partial charge in [0.15, 0.2) is 0 Å². The number of fused-ring (bicyclic) bond motifs is 1. The average molecular weight is 283 g/mol. The number of benzene rings is 1. The van der Waals surface area contributed by atoms with Crippen molar-refractivity contribution in [3.8, 4) is 0 Å². The smallest absolute Gasteiger partial charge is 0.0741 e. The number of pyridine rings is 1. The molecule has 2 heteroatoms. The maximum atomic E-state index is 4.38. The maximum Gasteiger partial charge on any atom is 0.0741 e. The highest BCUT2D eigenvalue weighted by Gasteiger charge is 2.00. The maximum absolute atomic E-state index is 4.38. The third-order valence-electron chi connectivity index (χ3n) is 2.11. The van der Waals surface area contributed by atoms with Gasteiger partial charge in [-0.25, -0.2) is 0 Å². The molecule has 2 aromatic rings. The molecule has 0 aliphatic carbocycles. The highest BCUT2D eigenvalue weighted by molar-refractivity contribution is 14.2. The summed E-state index contributed by atoms with van der Waals surface area (Å²) in [6.45, 7) is 2.13. The molecule has 0 saturated carbocycles. The van der Waals surface area contributed by atoms with Crippen LogP contribution in [-0.2, 0) is 0 Å². The normalized spacial score (nSPS) is 10.5. The number of halogens is 1. The van der Waals surface area contributed by atoms with Gasteiger partial charge < -0.3 is 0 Å². The molecule has 0 spiro atoms. The minimum Gasteiger partial charge on any atom is -0.256 e. The highest BCUT2D eigenvalue weighted by Crippen LogP contribution is 2.22. The van der Waals surface area contributed by atoms with Crippen LogP contribution in [0, 0.1) is 10.5 Å². The number of aromatic nitrogens is 1. The molecule has 0 fully saturated rings. The van der Waals surface area contributed by atoms with Crippen LogP contribution in [-0.4, -0.2) is 9.50 Å². The fraction of sp³-hybridized carbons (Fsp3) is 0.0909. The summed E-state index contributed by atoms with van der Waals surface area (Å²) in [7, 11) is 0. The molecule has 2 rings (SSSR count). The first-order chi connectivity index (χ1) is 6.33. The monoisotopic (exact) mass is 283 g/mol. The van der Waals surface area contributed by atoms with E-state index in [1.165, 1.54) is 14.5 Å². The number of hydrogen-bond donors (Lipinski definition) is 0. The quantitative estimate of drug-likeness (QED) is 0.733. The molecule has 0 amide bonds. The second kappa shape index (κ2) is 3.54. The molecule has 0 bridgehead atoms. The predicted molar refractivity (Wildman–Crippen MR) is 66.3 cm³/mol. The zero-order valence-electron chi connectivity index (χ0n) is 7.42. The fourth-order valence-electron chi connectivity index (χ4n) is 1.41. The molecule has 13 heavy (non-hydrogen) atoms. The van der Waals surface area contributed by atoms with Crippen LogP contribution in [0.4, 0.5) is 0 Å². The van der Waals surface area contributed by atoms with Crippen molar-refractivity contribution in [2.45, 2.75) is 6.92 Å². The molecule has 0 unspecified atom stereocenters. The number of aryl methyl sites for hydroxylation is 1. The van der Waals surface area contributed by atoms with Gasteiger partial charge in [0.2, 0.25) is 0 Å². The minimum absolute atomic E-state index is 0.0772. The van der Waals surface area contributed by atoms with Crippen molar-refractivity contribution < 1.29 is 0 Å². The van der Waals surface area contributed by atoms with E-state index in [-0.39, 0.29) is 20.7 Å². The molecule has 0 aliphatic heterocycles. The first-order valence-electron chi connectivity index (χ1n) is 4.05. The third kappa shape index (κ3) is 1.50. The van der Waals surface area contributed by atoms with Crippen LogP contribution < -0.4 is 0 Å². The standard InChI is InChI=1S/C11H10IN/c1-8-10(12-2)6-5-9-4-3-7-13-11(8)9/h3-7H,2H2,1H3. The Kier molecular flexibility index (Phi) is 2.40. The Labute approximate surface area is 87.6 Å². The second-order valence-electron chi connectivity index (χ2n) is 2.88. The van der Waals surface area contributed by atoms with Crippen LogP contribution in [0.15, 0.2) is 30.5 Å². The lowest BCUT2D eigenvalue weighted by atomic mass is 10.1. The lowest BCUT2D eigenvalue weighted by Gasteiger charge is -2.03. The van der Waals surface area contributed by atoms with E-state index >= 15 is 0 Å². The van der Waals surface area contributed by atoms with Gasteiger partial charge in [-0.2, -0.15) is 0 Å². The molecule has 1 aromatic carbocycles. The van der Waals surface area contributed by atoms with Crippen LogP contribution in [0.5, 0.6) is 0 Å². The summed E-state index contributed by atoms with van der Waals surface area (Å²) in [5.41, 5.74) is 2.43. The van der Waals surface area contributed by atoms with Gasteiger partial charge in [-0.3, -0.25) is 4.98 Å². The molecule has 1 heterocycles. The largest absolute Gasteiger partial charge is 0.256 e. The van der Waals surface area contributed by atoms with E-state index in [1.807, 2.05) is 12.3 Å². The Bertz CT molecular complexity index is 463. The lowest BCUT2D eigenvalue weighted by Crippen LogP contribution is -1.86. The zero-order valence-corrected chi connectivity index (χ0v) is 9.58. The molecule has 0 atom stereocenters. The Hall–Kier alpha value is -0.770. The van der Waals surface area contributed by atoms with Crippen molar-refractivity contribution in [3.63, 3.8) is 0 Å². The summed E-state index contributed by atoms with van der Waals surface area (Å²) in [6.07, 6.45) is 1.85. The van der Waals surface area contributed by atoms with E-state index in [2.05, 4.69) is 34.6 Å². The molecule has 66 valence electrons. The Morgan fingerprint density at radius 1 is 1.31 bits per heavy atom. The van der Waals surface area contributed by atoms with Crippen molar-refractivity contribution >= 4 is 36.1 Å². The average Bonchev–Trinajstić information content (AvgIpc) is 2.19. The SMILES string of the molecule is C=Ic1ccc2cccnc2c1C. The molecular formula is C11H10IN. The van der Waals surface area contributed by atoms with Crippen molar-refractivity contribution in [2.75, 3.05) is 0 Å². The fourth-order valence-corrected chi connectivity index (χ4v) is 2.67. The zero-order chi connectivity index (χ0) is 9.26. The van der Waals surface area contributed by atoms with Crippen molar-refractivity contribution in [1.29, 1.82) is 0 Å². The van der Waals surface area contributed by atoms with Crippen molar-refractivity contribution in [3.05, 3.63) is 39.6 Å². The van der Waals surface area contributed by atoms with E-state index < -0.39 is 0 Å². The number of hydrogen-bond acceptors (Lipinski definition) is 1. The molecule has 1 aromatic heterocycles. The van der Waals surface area contributed by atoms with Crippen LogP contribution in [0.3, 0.4) is 0 Å². The van der Waals surface area contributed by atoms with Gasteiger partial charge in [0, 0.05) is 15.2 Å². The van der Waals surface area contributed by atoms with Crippen LogP contribution in [0.2, 0.25) is 0 Å². The molecule has 0 aliphatic rings. The van der Waals surface area contributed by atoms with E-state index in [0.717, 1.165) is 5.52 Å². The Morgan fingerprint density at radius 3 is 2.92 bits per heavy atom. The van der Waals surface area contributed by atoms with Crippen molar-refractivity contribution in [2.24, 2.45) is 0 Å². The summed E-state index contributed by atoms with van der Waals surface area (Å²) in [6, 6.07) is 8.39. The summed E-state index contributed by atoms with van der Waals surface area (Å²) in [4.78, 5) is 4.38. The number of rotatable bonds is 1. The summed E-state index contributed by atoms with van der Waals surface area (Å²) in [5.74, 6) is 0. The number of nitrogens with zero attached hydrogens (tertiary/aromatic N) is 1.